The third-order valence-corrected chi connectivity index (χ3v) is 5.91. The first-order chi connectivity index (χ1) is 13.3. The molecule has 2 aromatic rings. The number of carbonyl (C=O) groups excluding carboxylic acids is 1. The van der Waals surface area contributed by atoms with Crippen molar-refractivity contribution in [2.24, 2.45) is 0 Å². The minimum atomic E-state index is -4.46. The zero-order valence-corrected chi connectivity index (χ0v) is 16.6. The molecule has 9 heteroatoms. The summed E-state index contributed by atoms with van der Waals surface area (Å²) >= 11 is 3.34. The highest BCUT2D eigenvalue weighted by molar-refractivity contribution is 9.10. The lowest BCUT2D eigenvalue weighted by atomic mass is 9.96. The Balaban J connectivity index is 1.70. The summed E-state index contributed by atoms with van der Waals surface area (Å²) in [5.74, 6) is -0.108. The average Bonchev–Trinajstić information content (AvgIpc) is 3.11. The lowest BCUT2D eigenvalue weighted by Crippen LogP contribution is -2.38. The molecular formula is C19H20BrF3N4O. The van der Waals surface area contributed by atoms with E-state index in [1.165, 1.54) is 6.20 Å². The number of hydrogen-bond acceptors (Lipinski definition) is 3. The monoisotopic (exact) mass is 456 g/mol. The molecule has 1 N–H and O–H groups in total. The lowest BCUT2D eigenvalue weighted by Gasteiger charge is -2.34. The number of alkyl halides is 3. The number of hydrogen-bond donors (Lipinski definition) is 1. The predicted octanol–water partition coefficient (Wildman–Crippen LogP) is 4.93. The molecule has 1 amide bonds. The van der Waals surface area contributed by atoms with E-state index in [4.69, 9.17) is 0 Å². The number of halogens is 4. The van der Waals surface area contributed by atoms with Gasteiger partial charge in [-0.2, -0.15) is 18.3 Å². The van der Waals surface area contributed by atoms with Gasteiger partial charge in [0.15, 0.2) is 6.04 Å². The van der Waals surface area contributed by atoms with Gasteiger partial charge in [0.2, 0.25) is 0 Å². The fraction of sp³-hybridized carbons (Fsp3) is 0.474. The van der Waals surface area contributed by atoms with Gasteiger partial charge in [-0.05, 0) is 37.0 Å². The number of nitrogens with zero attached hydrogens (tertiary/aromatic N) is 3. The summed E-state index contributed by atoms with van der Waals surface area (Å²) < 4.78 is 43.0. The van der Waals surface area contributed by atoms with Crippen LogP contribution in [0.1, 0.15) is 53.7 Å². The molecule has 1 aromatic heterocycles. The first-order valence-corrected chi connectivity index (χ1v) is 10.1. The average molecular weight is 457 g/mol. The van der Waals surface area contributed by atoms with Gasteiger partial charge in [-0.1, -0.05) is 28.1 Å². The molecule has 0 saturated carbocycles. The SMILES string of the molecule is O=C(c1cnn2c1N[C@@H](c1ccc(Br)cc1)C[C@H]2C(F)(F)F)N1CCCCC1. The normalized spacial score (nSPS) is 22.5. The molecule has 1 aromatic carbocycles. The highest BCUT2D eigenvalue weighted by atomic mass is 79.9. The molecular weight excluding hydrogens is 437 g/mol. The molecule has 0 spiro atoms. The zero-order chi connectivity index (χ0) is 19.9. The number of aromatic nitrogens is 2. The Labute approximate surface area is 169 Å². The van der Waals surface area contributed by atoms with Crippen molar-refractivity contribution < 1.29 is 18.0 Å². The van der Waals surface area contributed by atoms with Crippen LogP contribution in [0.25, 0.3) is 0 Å². The third-order valence-electron chi connectivity index (χ3n) is 5.38. The molecule has 1 saturated heterocycles. The van der Waals surface area contributed by atoms with Gasteiger partial charge < -0.3 is 10.2 Å². The molecule has 2 aliphatic heterocycles. The van der Waals surface area contributed by atoms with Crippen LogP contribution in [0.15, 0.2) is 34.9 Å². The van der Waals surface area contributed by atoms with Gasteiger partial charge in [-0.25, -0.2) is 4.68 Å². The molecule has 28 heavy (non-hydrogen) atoms. The predicted molar refractivity (Wildman–Crippen MR) is 102 cm³/mol. The molecule has 0 aliphatic carbocycles. The second-order valence-electron chi connectivity index (χ2n) is 7.25. The van der Waals surface area contributed by atoms with Crippen molar-refractivity contribution in [3.05, 3.63) is 46.1 Å². The standard InChI is InChI=1S/C19H20BrF3N4O/c20-13-6-4-12(5-7-13)15-10-16(19(21,22)23)27-17(25-15)14(11-24-27)18(28)26-8-2-1-3-9-26/h4-7,11,15-16,25H,1-3,8-10H2/t15-,16+/m1/s1. The van der Waals surface area contributed by atoms with Crippen molar-refractivity contribution in [3.63, 3.8) is 0 Å². The quantitative estimate of drug-likeness (QED) is 0.696. The van der Waals surface area contributed by atoms with Crippen molar-refractivity contribution in [2.75, 3.05) is 18.4 Å². The number of likely N-dealkylation sites (tertiary alicyclic amines) is 1. The van der Waals surface area contributed by atoms with E-state index in [0.29, 0.717) is 13.1 Å². The van der Waals surface area contributed by atoms with Crippen molar-refractivity contribution in [2.45, 2.75) is 43.9 Å². The van der Waals surface area contributed by atoms with E-state index in [9.17, 15) is 18.0 Å². The number of anilines is 1. The van der Waals surface area contributed by atoms with Gasteiger partial charge in [-0.3, -0.25) is 4.79 Å². The number of nitrogens with one attached hydrogen (secondary N) is 1. The second-order valence-corrected chi connectivity index (χ2v) is 8.16. The van der Waals surface area contributed by atoms with E-state index in [-0.39, 0.29) is 23.7 Å². The maximum atomic E-state index is 13.7. The van der Waals surface area contributed by atoms with Crippen LogP contribution in [0.4, 0.5) is 19.0 Å². The van der Waals surface area contributed by atoms with Crippen LogP contribution in [0.3, 0.4) is 0 Å². The molecule has 0 radical (unpaired) electrons. The lowest BCUT2D eigenvalue weighted by molar-refractivity contribution is -0.173. The largest absolute Gasteiger partial charge is 0.410 e. The van der Waals surface area contributed by atoms with Gasteiger partial charge >= 0.3 is 6.18 Å². The maximum absolute atomic E-state index is 13.7. The topological polar surface area (TPSA) is 50.2 Å². The Hall–Kier alpha value is -2.03. The number of rotatable bonds is 2. The fourth-order valence-electron chi connectivity index (χ4n) is 3.90. The number of carbonyl (C=O) groups is 1. The van der Waals surface area contributed by atoms with Crippen LogP contribution in [0.2, 0.25) is 0 Å². The molecule has 4 rings (SSSR count). The summed E-state index contributed by atoms with van der Waals surface area (Å²) in [6.45, 7) is 1.25. The molecule has 0 bridgehead atoms. The van der Waals surface area contributed by atoms with E-state index >= 15 is 0 Å². The Kier molecular flexibility index (Phi) is 5.11. The molecule has 1 fully saturated rings. The van der Waals surface area contributed by atoms with Crippen molar-refractivity contribution in [1.29, 1.82) is 0 Å². The van der Waals surface area contributed by atoms with Gasteiger partial charge in [0.05, 0.1) is 12.2 Å². The number of fused-ring (bicyclic) bond motifs is 1. The molecule has 150 valence electrons. The van der Waals surface area contributed by atoms with Crippen molar-refractivity contribution in [3.8, 4) is 0 Å². The van der Waals surface area contributed by atoms with Crippen LogP contribution in [-0.2, 0) is 0 Å². The maximum Gasteiger partial charge on any atom is 0.410 e. The van der Waals surface area contributed by atoms with E-state index in [1.54, 1.807) is 29.2 Å². The smallest absolute Gasteiger partial charge is 0.363 e. The molecule has 3 heterocycles. The summed E-state index contributed by atoms with van der Waals surface area (Å²) in [4.78, 5) is 14.6. The number of benzene rings is 1. The molecule has 5 nitrogen and oxygen atoms in total. The van der Waals surface area contributed by atoms with E-state index in [0.717, 1.165) is 34.0 Å². The first-order valence-electron chi connectivity index (χ1n) is 9.30. The van der Waals surface area contributed by atoms with Crippen LogP contribution in [0, 0.1) is 0 Å². The Bertz CT molecular complexity index is 859. The second kappa shape index (κ2) is 7.42. The van der Waals surface area contributed by atoms with Crippen LogP contribution in [-0.4, -0.2) is 39.9 Å². The Morgan fingerprint density at radius 3 is 2.46 bits per heavy atom. The highest BCUT2D eigenvalue weighted by Crippen LogP contribution is 2.44. The number of piperidine rings is 1. The van der Waals surface area contributed by atoms with Gasteiger partial charge in [0.25, 0.3) is 5.91 Å². The van der Waals surface area contributed by atoms with Crippen LogP contribution >= 0.6 is 15.9 Å². The summed E-state index contributed by atoms with van der Waals surface area (Å²) in [5, 5.41) is 7.08. The minimum Gasteiger partial charge on any atom is -0.363 e. The highest BCUT2D eigenvalue weighted by Gasteiger charge is 2.47. The Morgan fingerprint density at radius 2 is 1.82 bits per heavy atom. The van der Waals surface area contributed by atoms with E-state index in [1.807, 2.05) is 0 Å². The molecule has 2 aliphatic rings. The van der Waals surface area contributed by atoms with E-state index in [2.05, 4.69) is 26.3 Å². The van der Waals surface area contributed by atoms with Crippen molar-refractivity contribution in [1.82, 2.24) is 14.7 Å². The third kappa shape index (κ3) is 3.64. The zero-order valence-electron chi connectivity index (χ0n) is 15.0. The van der Waals surface area contributed by atoms with E-state index < -0.39 is 18.3 Å². The molecule has 0 unspecified atom stereocenters. The minimum absolute atomic E-state index is 0.150. The number of amides is 1. The summed E-state index contributed by atoms with van der Waals surface area (Å²) in [6, 6.07) is 4.83. The van der Waals surface area contributed by atoms with Gasteiger partial charge in [-0.15, -0.1) is 0 Å². The van der Waals surface area contributed by atoms with Gasteiger partial charge in [0.1, 0.15) is 11.4 Å². The van der Waals surface area contributed by atoms with Gasteiger partial charge in [0, 0.05) is 24.0 Å². The Morgan fingerprint density at radius 1 is 1.14 bits per heavy atom. The summed E-state index contributed by atoms with van der Waals surface area (Å²) in [6.07, 6.45) is -0.484. The van der Waals surface area contributed by atoms with Crippen molar-refractivity contribution >= 4 is 27.7 Å². The first kappa shape index (κ1) is 19.3. The van der Waals surface area contributed by atoms with Crippen LogP contribution in [0.5, 0.6) is 0 Å². The molecule has 2 atom stereocenters. The summed E-state index contributed by atoms with van der Waals surface area (Å²) in [7, 11) is 0. The van der Waals surface area contributed by atoms with Crippen LogP contribution < -0.4 is 5.32 Å². The fourth-order valence-corrected chi connectivity index (χ4v) is 4.16. The summed E-state index contributed by atoms with van der Waals surface area (Å²) in [5.41, 5.74) is 0.944.